The molecule has 1 saturated heterocycles. The van der Waals surface area contributed by atoms with Crippen LogP contribution in [0.5, 0.6) is 0 Å². The third-order valence-electron chi connectivity index (χ3n) is 1.86. The largest absolute Gasteiger partial charge is 0.376 e. The van der Waals surface area contributed by atoms with E-state index in [0.29, 0.717) is 25.0 Å². The van der Waals surface area contributed by atoms with Crippen molar-refractivity contribution in [2.24, 2.45) is 0 Å². The lowest BCUT2D eigenvalue weighted by molar-refractivity contribution is -0.142. The van der Waals surface area contributed by atoms with Gasteiger partial charge in [0.15, 0.2) is 6.10 Å². The Morgan fingerprint density at radius 3 is 3.00 bits per heavy atom. The molecule has 0 aromatic carbocycles. The fourth-order valence-electron chi connectivity index (χ4n) is 1.17. The number of carbonyl (C=O) groups is 1. The van der Waals surface area contributed by atoms with Gasteiger partial charge in [0.05, 0.1) is 19.8 Å². The molecule has 2 heterocycles. The van der Waals surface area contributed by atoms with E-state index in [9.17, 15) is 4.79 Å². The van der Waals surface area contributed by atoms with E-state index in [2.05, 4.69) is 15.5 Å². The van der Waals surface area contributed by atoms with E-state index < -0.39 is 6.10 Å². The van der Waals surface area contributed by atoms with E-state index in [1.54, 1.807) is 0 Å². The summed E-state index contributed by atoms with van der Waals surface area (Å²) in [6, 6.07) is 0. The summed E-state index contributed by atoms with van der Waals surface area (Å²) in [5, 5.41) is 11.5. The van der Waals surface area contributed by atoms with Crippen LogP contribution in [0.3, 0.4) is 0 Å². The van der Waals surface area contributed by atoms with Gasteiger partial charge in [-0.1, -0.05) is 11.3 Å². The molecule has 15 heavy (non-hydrogen) atoms. The lowest BCUT2D eigenvalue weighted by Gasteiger charge is -2.21. The molecule has 0 spiro atoms. The second-order valence-corrected chi connectivity index (χ2v) is 4.23. The van der Waals surface area contributed by atoms with E-state index in [1.165, 1.54) is 11.3 Å². The van der Waals surface area contributed by atoms with E-state index in [0.717, 1.165) is 5.01 Å². The van der Waals surface area contributed by atoms with Crippen LogP contribution in [-0.2, 0) is 14.3 Å². The SMILES string of the molecule is Cc1nnc(NC(=O)C2COCCO2)s1. The van der Waals surface area contributed by atoms with Gasteiger partial charge in [-0.3, -0.25) is 10.1 Å². The van der Waals surface area contributed by atoms with Gasteiger partial charge in [0.1, 0.15) is 5.01 Å². The fraction of sp³-hybridized carbons (Fsp3) is 0.625. The number of hydrogen-bond acceptors (Lipinski definition) is 6. The van der Waals surface area contributed by atoms with Crippen LogP contribution in [0.4, 0.5) is 5.13 Å². The minimum Gasteiger partial charge on any atom is -0.376 e. The molecular weight excluding hydrogens is 218 g/mol. The first kappa shape index (κ1) is 10.5. The summed E-state index contributed by atoms with van der Waals surface area (Å²) in [4.78, 5) is 11.6. The zero-order valence-electron chi connectivity index (χ0n) is 8.23. The molecule has 0 saturated carbocycles. The quantitative estimate of drug-likeness (QED) is 0.784. The van der Waals surface area contributed by atoms with Crippen molar-refractivity contribution in [2.45, 2.75) is 13.0 Å². The van der Waals surface area contributed by atoms with Crippen molar-refractivity contribution in [3.63, 3.8) is 0 Å². The highest BCUT2D eigenvalue weighted by Gasteiger charge is 2.23. The van der Waals surface area contributed by atoms with Crippen LogP contribution in [0.25, 0.3) is 0 Å². The molecule has 1 N–H and O–H groups in total. The molecule has 6 nitrogen and oxygen atoms in total. The molecule has 1 aromatic heterocycles. The first-order valence-electron chi connectivity index (χ1n) is 4.56. The lowest BCUT2D eigenvalue weighted by Crippen LogP contribution is -2.39. The molecular formula is C8H11N3O3S. The Hall–Kier alpha value is -1.05. The van der Waals surface area contributed by atoms with Gasteiger partial charge in [-0.25, -0.2) is 0 Å². The van der Waals surface area contributed by atoms with Gasteiger partial charge in [-0.2, -0.15) is 0 Å². The summed E-state index contributed by atoms with van der Waals surface area (Å²) in [6.07, 6.45) is -0.539. The molecule has 1 atom stereocenters. The van der Waals surface area contributed by atoms with Crippen LogP contribution in [0.2, 0.25) is 0 Å². The highest BCUT2D eigenvalue weighted by molar-refractivity contribution is 7.15. The number of nitrogens with one attached hydrogen (secondary N) is 1. The number of hydrogen-bond donors (Lipinski definition) is 1. The van der Waals surface area contributed by atoms with Crippen molar-refractivity contribution in [2.75, 3.05) is 25.1 Å². The summed E-state index contributed by atoms with van der Waals surface area (Å²) in [6.45, 7) is 3.12. The van der Waals surface area contributed by atoms with Crippen LogP contribution < -0.4 is 5.32 Å². The third-order valence-corrected chi connectivity index (χ3v) is 2.62. The molecule has 0 bridgehead atoms. The van der Waals surface area contributed by atoms with Gasteiger partial charge in [0.25, 0.3) is 5.91 Å². The summed E-state index contributed by atoms with van der Waals surface area (Å²) in [7, 11) is 0. The summed E-state index contributed by atoms with van der Waals surface area (Å²) < 4.78 is 10.4. The normalized spacial score (nSPS) is 21.3. The first-order valence-corrected chi connectivity index (χ1v) is 5.37. The first-order chi connectivity index (χ1) is 7.25. The van der Waals surface area contributed by atoms with Crippen molar-refractivity contribution in [3.8, 4) is 0 Å². The number of nitrogens with zero attached hydrogens (tertiary/aromatic N) is 2. The van der Waals surface area contributed by atoms with Crippen molar-refractivity contribution < 1.29 is 14.3 Å². The maximum absolute atomic E-state index is 11.6. The monoisotopic (exact) mass is 229 g/mol. The fourth-order valence-corrected chi connectivity index (χ4v) is 1.77. The van der Waals surface area contributed by atoms with Crippen LogP contribution in [0.15, 0.2) is 0 Å². The number of ether oxygens (including phenoxy) is 2. The molecule has 0 aliphatic carbocycles. The molecule has 82 valence electrons. The minimum absolute atomic E-state index is 0.231. The Bertz CT molecular complexity index is 349. The molecule has 1 aliphatic heterocycles. The van der Waals surface area contributed by atoms with E-state index in [-0.39, 0.29) is 5.91 Å². The highest BCUT2D eigenvalue weighted by atomic mass is 32.1. The Kier molecular flexibility index (Phi) is 3.24. The Morgan fingerprint density at radius 1 is 1.53 bits per heavy atom. The average Bonchev–Trinajstić information content (AvgIpc) is 2.65. The molecule has 1 aromatic rings. The summed E-state index contributed by atoms with van der Waals surface area (Å²) in [5.41, 5.74) is 0. The van der Waals surface area contributed by atoms with Gasteiger partial charge in [0.2, 0.25) is 5.13 Å². The number of amides is 1. The Morgan fingerprint density at radius 2 is 2.40 bits per heavy atom. The van der Waals surface area contributed by atoms with E-state index in [1.807, 2.05) is 6.92 Å². The molecule has 1 fully saturated rings. The number of aromatic nitrogens is 2. The molecule has 7 heteroatoms. The minimum atomic E-state index is -0.539. The second kappa shape index (κ2) is 4.65. The predicted molar refractivity (Wildman–Crippen MR) is 53.8 cm³/mol. The average molecular weight is 229 g/mol. The van der Waals surface area contributed by atoms with E-state index in [4.69, 9.17) is 9.47 Å². The summed E-state index contributed by atoms with van der Waals surface area (Å²) >= 11 is 1.33. The van der Waals surface area contributed by atoms with Gasteiger partial charge < -0.3 is 9.47 Å². The molecule has 0 radical (unpaired) electrons. The Labute approximate surface area is 90.6 Å². The molecule has 1 unspecified atom stereocenters. The highest BCUT2D eigenvalue weighted by Crippen LogP contribution is 2.14. The number of carbonyl (C=O) groups excluding carboxylic acids is 1. The molecule has 2 rings (SSSR count). The van der Waals surface area contributed by atoms with Gasteiger partial charge >= 0.3 is 0 Å². The second-order valence-electron chi connectivity index (χ2n) is 3.05. The van der Waals surface area contributed by atoms with Crippen LogP contribution in [0, 0.1) is 6.92 Å². The molecule has 1 amide bonds. The van der Waals surface area contributed by atoms with Crippen LogP contribution in [0.1, 0.15) is 5.01 Å². The summed E-state index contributed by atoms with van der Waals surface area (Å²) in [5.74, 6) is -0.231. The zero-order valence-corrected chi connectivity index (χ0v) is 9.04. The van der Waals surface area contributed by atoms with Crippen LogP contribution >= 0.6 is 11.3 Å². The van der Waals surface area contributed by atoms with Gasteiger partial charge in [-0.05, 0) is 6.92 Å². The van der Waals surface area contributed by atoms with Gasteiger partial charge in [0, 0.05) is 0 Å². The van der Waals surface area contributed by atoms with E-state index >= 15 is 0 Å². The van der Waals surface area contributed by atoms with Crippen LogP contribution in [-0.4, -0.2) is 42.0 Å². The van der Waals surface area contributed by atoms with Crippen molar-refractivity contribution >= 4 is 22.4 Å². The predicted octanol–water partition coefficient (Wildman–Crippen LogP) is 0.200. The standard InChI is InChI=1S/C8H11N3O3S/c1-5-10-11-8(15-5)9-7(12)6-4-13-2-3-14-6/h6H,2-4H2,1H3,(H,9,11,12). The maximum Gasteiger partial charge on any atom is 0.257 e. The maximum atomic E-state index is 11.6. The van der Waals surface area contributed by atoms with Crippen molar-refractivity contribution in [3.05, 3.63) is 5.01 Å². The zero-order chi connectivity index (χ0) is 10.7. The molecule has 1 aliphatic rings. The van der Waals surface area contributed by atoms with Crippen molar-refractivity contribution in [1.82, 2.24) is 10.2 Å². The number of aryl methyl sites for hydroxylation is 1. The van der Waals surface area contributed by atoms with Crippen molar-refractivity contribution in [1.29, 1.82) is 0 Å². The Balaban J connectivity index is 1.91. The number of anilines is 1. The topological polar surface area (TPSA) is 73.3 Å². The third kappa shape index (κ3) is 2.71. The van der Waals surface area contributed by atoms with Gasteiger partial charge in [-0.15, -0.1) is 10.2 Å². The number of rotatable bonds is 2. The lowest BCUT2D eigenvalue weighted by atomic mass is 10.3. The smallest absolute Gasteiger partial charge is 0.257 e.